The quantitative estimate of drug-likeness (QED) is 0.145. The zero-order chi connectivity index (χ0) is 23.9. The third-order valence-electron chi connectivity index (χ3n) is 6.71. The lowest BCUT2D eigenvalue weighted by molar-refractivity contribution is -0.166. The first-order valence-corrected chi connectivity index (χ1v) is 11.8. The number of allylic oxidation sites excluding steroid dienone is 10. The molecule has 5 heteroatoms. The molecule has 0 aromatic carbocycles. The molecule has 0 N–H and O–H groups in total. The Labute approximate surface area is 198 Å². The fraction of sp³-hybridized carbons (Fsp3) is 0.536. The van der Waals surface area contributed by atoms with Crippen LogP contribution in [0.4, 0.5) is 0 Å². The fourth-order valence-corrected chi connectivity index (χ4v) is 4.89. The summed E-state index contributed by atoms with van der Waals surface area (Å²) < 4.78 is 23.9. The summed E-state index contributed by atoms with van der Waals surface area (Å²) in [7, 11) is 1.69. The number of epoxide rings is 2. The molecule has 1 spiro atoms. The first-order chi connectivity index (χ1) is 15.9. The average Bonchev–Trinajstić information content (AvgIpc) is 3.69. The Hall–Kier alpha value is -2.21. The van der Waals surface area contributed by atoms with Crippen LogP contribution in [0.25, 0.3) is 0 Å². The number of carbonyl (C=O) groups excluding carboxylic acids is 1. The van der Waals surface area contributed by atoms with Crippen molar-refractivity contribution >= 4 is 5.97 Å². The summed E-state index contributed by atoms with van der Waals surface area (Å²) in [5, 5.41) is 0. The van der Waals surface area contributed by atoms with Crippen LogP contribution < -0.4 is 0 Å². The van der Waals surface area contributed by atoms with Crippen molar-refractivity contribution < 1.29 is 23.7 Å². The molecular weight excluding hydrogens is 416 g/mol. The molecule has 3 aliphatic rings. The number of ether oxygens (including phenoxy) is 4. The summed E-state index contributed by atoms with van der Waals surface area (Å²) >= 11 is 0. The first-order valence-electron chi connectivity index (χ1n) is 11.8. The molecule has 180 valence electrons. The van der Waals surface area contributed by atoms with Crippen LogP contribution in [0.3, 0.4) is 0 Å². The van der Waals surface area contributed by atoms with E-state index in [1.165, 1.54) is 11.6 Å². The van der Waals surface area contributed by atoms with E-state index < -0.39 is 0 Å². The van der Waals surface area contributed by atoms with Gasteiger partial charge in [-0.15, -0.1) is 0 Å². The van der Waals surface area contributed by atoms with Crippen LogP contribution in [0.5, 0.6) is 0 Å². The van der Waals surface area contributed by atoms with E-state index in [-0.39, 0.29) is 41.4 Å². The number of hydrogen-bond donors (Lipinski definition) is 0. The number of rotatable bonds is 10. The van der Waals surface area contributed by atoms with E-state index in [2.05, 4.69) is 26.8 Å². The second-order valence-corrected chi connectivity index (χ2v) is 9.39. The van der Waals surface area contributed by atoms with Gasteiger partial charge in [0.1, 0.15) is 23.4 Å². The Morgan fingerprint density at radius 1 is 1.06 bits per heavy atom. The van der Waals surface area contributed by atoms with Crippen LogP contribution in [0.1, 0.15) is 47.0 Å². The van der Waals surface area contributed by atoms with Gasteiger partial charge in [0.05, 0.1) is 18.6 Å². The summed E-state index contributed by atoms with van der Waals surface area (Å²) in [6.07, 6.45) is 22.7. The molecule has 3 rings (SSSR count). The maximum Gasteiger partial charge on any atom is 0.331 e. The molecule has 2 saturated heterocycles. The van der Waals surface area contributed by atoms with Crippen LogP contribution in [0.15, 0.2) is 72.4 Å². The minimum absolute atomic E-state index is 0.0294. The van der Waals surface area contributed by atoms with Gasteiger partial charge in [-0.3, -0.25) is 0 Å². The van der Waals surface area contributed by atoms with Crippen LogP contribution in [-0.4, -0.2) is 49.2 Å². The van der Waals surface area contributed by atoms with Crippen LogP contribution in [0, 0.1) is 5.92 Å². The summed E-state index contributed by atoms with van der Waals surface area (Å²) in [5.74, 6) is -0.334. The molecule has 1 saturated carbocycles. The van der Waals surface area contributed by atoms with Crippen molar-refractivity contribution in [1.29, 1.82) is 0 Å². The smallest absolute Gasteiger partial charge is 0.331 e. The normalized spacial score (nSPS) is 36.0. The van der Waals surface area contributed by atoms with Crippen molar-refractivity contribution in [2.45, 2.75) is 76.5 Å². The molecule has 5 nitrogen and oxygen atoms in total. The van der Waals surface area contributed by atoms with E-state index in [0.29, 0.717) is 6.61 Å². The highest BCUT2D eigenvalue weighted by Gasteiger charge is 2.72. The summed E-state index contributed by atoms with van der Waals surface area (Å²) in [4.78, 5) is 12.5. The van der Waals surface area contributed by atoms with Gasteiger partial charge >= 0.3 is 5.97 Å². The lowest BCUT2D eigenvalue weighted by atomic mass is 9.68. The molecular formula is C28H38O5. The number of carbonyl (C=O) groups is 1. The molecule has 6 atom stereocenters. The van der Waals surface area contributed by atoms with Crippen molar-refractivity contribution in [3.8, 4) is 0 Å². The van der Waals surface area contributed by atoms with Crippen LogP contribution >= 0.6 is 0 Å². The zero-order valence-electron chi connectivity index (χ0n) is 20.5. The molecule has 0 unspecified atom stereocenters. The van der Waals surface area contributed by atoms with Gasteiger partial charge in [-0.1, -0.05) is 66.3 Å². The number of esters is 1. The monoisotopic (exact) mass is 454 g/mol. The van der Waals surface area contributed by atoms with Gasteiger partial charge in [0.2, 0.25) is 0 Å². The molecule has 0 amide bonds. The van der Waals surface area contributed by atoms with E-state index >= 15 is 0 Å². The van der Waals surface area contributed by atoms with Crippen molar-refractivity contribution in [3.05, 3.63) is 72.4 Å². The van der Waals surface area contributed by atoms with E-state index in [0.717, 1.165) is 19.3 Å². The van der Waals surface area contributed by atoms with Gasteiger partial charge in [-0.2, -0.15) is 0 Å². The van der Waals surface area contributed by atoms with Gasteiger partial charge in [0.25, 0.3) is 0 Å². The van der Waals surface area contributed by atoms with Crippen molar-refractivity contribution in [1.82, 2.24) is 0 Å². The molecule has 1 aliphatic carbocycles. The molecule has 0 bridgehead atoms. The third kappa shape index (κ3) is 6.44. The highest BCUT2D eigenvalue weighted by Crippen LogP contribution is 2.59. The topological polar surface area (TPSA) is 60.6 Å². The van der Waals surface area contributed by atoms with Crippen LogP contribution in [-0.2, 0) is 23.7 Å². The molecule has 0 aromatic rings. The van der Waals surface area contributed by atoms with Gasteiger partial charge < -0.3 is 18.9 Å². The largest absolute Gasteiger partial charge is 0.456 e. The number of hydrogen-bond acceptors (Lipinski definition) is 5. The SMILES string of the molecule is C/C=C/C=C/C=C/C=C/C=C/C(=O)O[C@@H]1CC[C@]2(CO2)[C@@H]([C@@]2(C)O[C@@H]2CC=C(C)C)[C@@H]1OC. The number of methoxy groups -OCH3 is 1. The Kier molecular flexibility index (Phi) is 8.69. The minimum atomic E-state index is -0.363. The molecule has 2 aliphatic heterocycles. The van der Waals surface area contributed by atoms with E-state index in [4.69, 9.17) is 18.9 Å². The predicted molar refractivity (Wildman–Crippen MR) is 131 cm³/mol. The van der Waals surface area contributed by atoms with Crippen molar-refractivity contribution in [2.24, 2.45) is 5.92 Å². The van der Waals surface area contributed by atoms with Gasteiger partial charge in [-0.25, -0.2) is 4.79 Å². The average molecular weight is 455 g/mol. The molecule has 0 aromatic heterocycles. The zero-order valence-corrected chi connectivity index (χ0v) is 20.5. The second kappa shape index (κ2) is 11.3. The van der Waals surface area contributed by atoms with Crippen molar-refractivity contribution in [3.63, 3.8) is 0 Å². The van der Waals surface area contributed by atoms with Gasteiger partial charge in [0, 0.05) is 13.2 Å². The van der Waals surface area contributed by atoms with Crippen molar-refractivity contribution in [2.75, 3.05) is 13.7 Å². The maximum atomic E-state index is 12.5. The lowest BCUT2D eigenvalue weighted by Gasteiger charge is -2.42. The Morgan fingerprint density at radius 3 is 2.27 bits per heavy atom. The molecule has 3 fully saturated rings. The highest BCUT2D eigenvalue weighted by molar-refractivity contribution is 5.82. The summed E-state index contributed by atoms with van der Waals surface area (Å²) in [6, 6.07) is 0. The molecule has 2 heterocycles. The predicted octanol–water partition coefficient (Wildman–Crippen LogP) is 5.41. The van der Waals surface area contributed by atoms with Crippen LogP contribution in [0.2, 0.25) is 0 Å². The summed E-state index contributed by atoms with van der Waals surface area (Å²) in [5.41, 5.74) is 0.732. The summed E-state index contributed by atoms with van der Waals surface area (Å²) in [6.45, 7) is 9.03. The van der Waals surface area contributed by atoms with E-state index in [1.807, 2.05) is 49.5 Å². The second-order valence-electron chi connectivity index (χ2n) is 9.39. The Morgan fingerprint density at radius 2 is 1.70 bits per heavy atom. The maximum absolute atomic E-state index is 12.5. The third-order valence-corrected chi connectivity index (χ3v) is 6.71. The Bertz CT molecular complexity index is 854. The standard InChI is InChI=1S/C28H38O5/c1-6-7-8-9-10-11-12-13-14-15-24(29)32-22-18-19-28(20-31-28)26(25(22)30-5)27(4)23(33-27)17-16-21(2)3/h6-16,22-23,25-26H,17-20H2,1-5H3/b7-6+,9-8+,11-10+,13-12+,15-14+/t22-,23-,25-,26-,27+,28+/m1/s1. The van der Waals surface area contributed by atoms with E-state index in [1.54, 1.807) is 19.3 Å². The minimum Gasteiger partial charge on any atom is -0.456 e. The fourth-order valence-electron chi connectivity index (χ4n) is 4.89. The Balaban J connectivity index is 1.59. The van der Waals surface area contributed by atoms with Gasteiger partial charge in [0.15, 0.2) is 0 Å². The lowest BCUT2D eigenvalue weighted by Crippen LogP contribution is -2.55. The molecule has 33 heavy (non-hydrogen) atoms. The van der Waals surface area contributed by atoms with E-state index in [9.17, 15) is 4.79 Å². The molecule has 0 radical (unpaired) electrons. The first kappa shape index (κ1) is 25.4. The van der Waals surface area contributed by atoms with Gasteiger partial charge in [-0.05, 0) is 47.0 Å². The highest BCUT2D eigenvalue weighted by atomic mass is 16.6.